The number of thiophene rings is 1. The lowest BCUT2D eigenvalue weighted by Crippen LogP contribution is -2.24. The first kappa shape index (κ1) is 14.4. The van der Waals surface area contributed by atoms with Gasteiger partial charge in [-0.25, -0.2) is 0 Å². The maximum Gasteiger partial charge on any atom is 0.254 e. The first-order valence-electron chi connectivity index (χ1n) is 6.47. The highest BCUT2D eigenvalue weighted by molar-refractivity contribution is 7.15. The lowest BCUT2D eigenvalue weighted by atomic mass is 10.0. The smallest absolute Gasteiger partial charge is 0.254 e. The molecule has 0 aliphatic rings. The van der Waals surface area contributed by atoms with Crippen LogP contribution in [0.2, 0.25) is 0 Å². The molecule has 1 amide bonds. The summed E-state index contributed by atoms with van der Waals surface area (Å²) in [6, 6.07) is 7.60. The summed E-state index contributed by atoms with van der Waals surface area (Å²) < 4.78 is 5.14. The van der Waals surface area contributed by atoms with Crippen LogP contribution in [0.1, 0.15) is 23.7 Å². The van der Waals surface area contributed by atoms with Crippen LogP contribution in [0.4, 0.5) is 5.00 Å². The zero-order valence-corrected chi connectivity index (χ0v) is 12.4. The molecule has 0 unspecified atom stereocenters. The number of carbonyl (C=O) groups is 1. The van der Waals surface area contributed by atoms with E-state index in [-0.39, 0.29) is 5.91 Å². The summed E-state index contributed by atoms with van der Waals surface area (Å²) in [5.41, 5.74) is 8.33. The second-order valence-corrected chi connectivity index (χ2v) is 5.28. The van der Waals surface area contributed by atoms with Gasteiger partial charge in [0.1, 0.15) is 5.75 Å². The molecule has 1 aromatic carbocycles. The van der Waals surface area contributed by atoms with Gasteiger partial charge in [0, 0.05) is 17.5 Å². The number of amides is 1. The summed E-state index contributed by atoms with van der Waals surface area (Å²) in [5.74, 6) is 0.672. The van der Waals surface area contributed by atoms with Gasteiger partial charge in [-0.1, -0.05) is 19.1 Å². The first-order valence-corrected chi connectivity index (χ1v) is 7.35. The second kappa shape index (κ2) is 6.43. The molecule has 20 heavy (non-hydrogen) atoms. The zero-order valence-electron chi connectivity index (χ0n) is 11.6. The molecule has 0 saturated heterocycles. The van der Waals surface area contributed by atoms with E-state index in [4.69, 9.17) is 10.5 Å². The largest absolute Gasteiger partial charge is 0.497 e. The Balaban J connectivity index is 2.34. The molecule has 1 heterocycles. The van der Waals surface area contributed by atoms with Crippen LogP contribution in [0.15, 0.2) is 29.6 Å². The number of nitrogen functional groups attached to an aromatic ring is 1. The number of rotatable bonds is 5. The van der Waals surface area contributed by atoms with E-state index in [0.29, 0.717) is 17.1 Å². The average molecular weight is 290 g/mol. The highest BCUT2D eigenvalue weighted by Gasteiger charge is 2.18. The molecule has 0 aliphatic carbocycles. The SMILES string of the molecule is CCCNC(=O)c1c(-c2ccc(OC)cc2)csc1N. The van der Waals surface area contributed by atoms with Crippen LogP contribution < -0.4 is 15.8 Å². The van der Waals surface area contributed by atoms with Crippen molar-refractivity contribution in [3.8, 4) is 16.9 Å². The van der Waals surface area contributed by atoms with Gasteiger partial charge < -0.3 is 15.8 Å². The summed E-state index contributed by atoms with van der Waals surface area (Å²) in [5, 5.41) is 5.33. The minimum Gasteiger partial charge on any atom is -0.497 e. The van der Waals surface area contributed by atoms with Crippen LogP contribution in [0.25, 0.3) is 11.1 Å². The Morgan fingerprint density at radius 2 is 2.05 bits per heavy atom. The highest BCUT2D eigenvalue weighted by atomic mass is 32.1. The molecule has 106 valence electrons. The summed E-state index contributed by atoms with van der Waals surface area (Å²) in [6.07, 6.45) is 0.896. The first-order chi connectivity index (χ1) is 9.67. The quantitative estimate of drug-likeness (QED) is 0.889. The fourth-order valence-corrected chi connectivity index (χ4v) is 2.74. The maximum absolute atomic E-state index is 12.2. The van der Waals surface area contributed by atoms with Crippen molar-refractivity contribution in [3.63, 3.8) is 0 Å². The monoisotopic (exact) mass is 290 g/mol. The van der Waals surface area contributed by atoms with E-state index in [2.05, 4.69) is 5.32 Å². The van der Waals surface area contributed by atoms with Crippen molar-refractivity contribution in [1.29, 1.82) is 0 Å². The fourth-order valence-electron chi connectivity index (χ4n) is 1.92. The van der Waals surface area contributed by atoms with Gasteiger partial charge in [-0.2, -0.15) is 0 Å². The third-order valence-electron chi connectivity index (χ3n) is 2.98. The van der Waals surface area contributed by atoms with Crippen LogP contribution in [-0.4, -0.2) is 19.6 Å². The van der Waals surface area contributed by atoms with Crippen LogP contribution in [0.5, 0.6) is 5.75 Å². The third kappa shape index (κ3) is 2.93. The lowest BCUT2D eigenvalue weighted by Gasteiger charge is -2.07. The number of benzene rings is 1. The minimum atomic E-state index is -0.114. The van der Waals surface area contributed by atoms with Gasteiger partial charge in [-0.3, -0.25) is 4.79 Å². The molecule has 0 spiro atoms. The predicted molar refractivity (Wildman–Crippen MR) is 83.3 cm³/mol. The molecule has 0 fully saturated rings. The molecule has 3 N–H and O–H groups in total. The number of anilines is 1. The molecular weight excluding hydrogens is 272 g/mol. The zero-order chi connectivity index (χ0) is 14.5. The summed E-state index contributed by atoms with van der Waals surface area (Å²) >= 11 is 1.38. The van der Waals surface area contributed by atoms with E-state index in [9.17, 15) is 4.79 Å². The number of nitrogens with two attached hydrogens (primary N) is 1. The average Bonchev–Trinajstić information content (AvgIpc) is 2.86. The van der Waals surface area contributed by atoms with Gasteiger partial charge in [0.05, 0.1) is 17.7 Å². The van der Waals surface area contributed by atoms with Crippen molar-refractivity contribution >= 4 is 22.2 Å². The van der Waals surface area contributed by atoms with E-state index in [0.717, 1.165) is 23.3 Å². The number of nitrogens with one attached hydrogen (secondary N) is 1. The van der Waals surface area contributed by atoms with Gasteiger partial charge in [0.15, 0.2) is 0 Å². The number of methoxy groups -OCH3 is 1. The van der Waals surface area contributed by atoms with E-state index in [1.807, 2.05) is 36.6 Å². The Hall–Kier alpha value is -2.01. The van der Waals surface area contributed by atoms with Crippen LogP contribution in [0, 0.1) is 0 Å². The van der Waals surface area contributed by atoms with Crippen LogP contribution >= 0.6 is 11.3 Å². The molecule has 0 atom stereocenters. The van der Waals surface area contributed by atoms with E-state index in [1.165, 1.54) is 11.3 Å². The van der Waals surface area contributed by atoms with E-state index < -0.39 is 0 Å². The molecule has 5 heteroatoms. The predicted octanol–water partition coefficient (Wildman–Crippen LogP) is 3.15. The van der Waals surface area contributed by atoms with Gasteiger partial charge in [0.25, 0.3) is 5.91 Å². The Labute approximate surface area is 122 Å². The number of hydrogen-bond donors (Lipinski definition) is 2. The molecule has 4 nitrogen and oxygen atoms in total. The van der Waals surface area contributed by atoms with Gasteiger partial charge in [0.2, 0.25) is 0 Å². The Morgan fingerprint density at radius 3 is 2.65 bits per heavy atom. The van der Waals surface area contributed by atoms with Gasteiger partial charge in [-0.15, -0.1) is 11.3 Å². The molecule has 0 saturated carbocycles. The second-order valence-electron chi connectivity index (χ2n) is 4.37. The topological polar surface area (TPSA) is 64.3 Å². The molecular formula is C15H18N2O2S. The number of hydrogen-bond acceptors (Lipinski definition) is 4. The van der Waals surface area contributed by atoms with E-state index >= 15 is 0 Å². The number of ether oxygens (including phenoxy) is 1. The molecule has 0 aliphatic heterocycles. The van der Waals surface area contributed by atoms with Crippen molar-refractivity contribution in [3.05, 3.63) is 35.2 Å². The minimum absolute atomic E-state index is 0.114. The molecule has 2 rings (SSSR count). The van der Waals surface area contributed by atoms with Crippen molar-refractivity contribution in [2.45, 2.75) is 13.3 Å². The summed E-state index contributed by atoms with van der Waals surface area (Å²) in [7, 11) is 1.63. The van der Waals surface area contributed by atoms with Gasteiger partial charge >= 0.3 is 0 Å². The van der Waals surface area contributed by atoms with Crippen LogP contribution in [-0.2, 0) is 0 Å². The standard InChI is InChI=1S/C15H18N2O2S/c1-3-8-17-15(18)13-12(9-20-14(13)16)10-4-6-11(19-2)7-5-10/h4-7,9H,3,8,16H2,1-2H3,(H,17,18). The Morgan fingerprint density at radius 1 is 1.35 bits per heavy atom. The Bertz CT molecular complexity index is 590. The highest BCUT2D eigenvalue weighted by Crippen LogP contribution is 2.34. The van der Waals surface area contributed by atoms with Crippen molar-refractivity contribution in [2.24, 2.45) is 0 Å². The Kier molecular flexibility index (Phi) is 4.63. The number of carbonyl (C=O) groups excluding carboxylic acids is 1. The lowest BCUT2D eigenvalue weighted by molar-refractivity contribution is 0.0955. The molecule has 2 aromatic rings. The molecule has 0 bridgehead atoms. The third-order valence-corrected chi connectivity index (χ3v) is 3.79. The summed E-state index contributed by atoms with van der Waals surface area (Å²) in [4.78, 5) is 12.2. The molecule has 1 aromatic heterocycles. The normalized spacial score (nSPS) is 10.3. The van der Waals surface area contributed by atoms with Crippen molar-refractivity contribution in [2.75, 3.05) is 19.4 Å². The fraction of sp³-hybridized carbons (Fsp3) is 0.267. The van der Waals surface area contributed by atoms with Crippen molar-refractivity contribution < 1.29 is 9.53 Å². The molecule has 0 radical (unpaired) electrons. The van der Waals surface area contributed by atoms with Crippen LogP contribution in [0.3, 0.4) is 0 Å². The van der Waals surface area contributed by atoms with E-state index in [1.54, 1.807) is 7.11 Å². The van der Waals surface area contributed by atoms with Gasteiger partial charge in [-0.05, 0) is 24.1 Å². The summed E-state index contributed by atoms with van der Waals surface area (Å²) in [6.45, 7) is 2.66. The van der Waals surface area contributed by atoms with Crippen molar-refractivity contribution in [1.82, 2.24) is 5.32 Å². The maximum atomic E-state index is 12.2.